The molecule has 7 heteroatoms. The summed E-state index contributed by atoms with van der Waals surface area (Å²) in [5.74, 6) is 0.472. The lowest BCUT2D eigenvalue weighted by atomic mass is 9.97. The van der Waals surface area contributed by atoms with E-state index in [4.69, 9.17) is 0 Å². The van der Waals surface area contributed by atoms with Crippen molar-refractivity contribution in [3.05, 3.63) is 53.5 Å². The average molecular weight is 336 g/mol. The van der Waals surface area contributed by atoms with Crippen molar-refractivity contribution < 1.29 is 4.79 Å². The minimum Gasteiger partial charge on any atom is -0.345 e. The number of tetrazole rings is 1. The van der Waals surface area contributed by atoms with E-state index in [2.05, 4.69) is 38.9 Å². The predicted molar refractivity (Wildman–Crippen MR) is 94.1 cm³/mol. The summed E-state index contributed by atoms with van der Waals surface area (Å²) >= 11 is 0. The molecule has 0 aliphatic heterocycles. The average Bonchev–Trinajstić information content (AvgIpc) is 3.24. The summed E-state index contributed by atoms with van der Waals surface area (Å²) in [6.45, 7) is 2.51. The molecule has 1 aliphatic carbocycles. The lowest BCUT2D eigenvalue weighted by Gasteiger charge is -2.21. The molecule has 128 valence electrons. The molecule has 2 heterocycles. The van der Waals surface area contributed by atoms with Gasteiger partial charge in [-0.1, -0.05) is 35.1 Å². The molecule has 1 aromatic carbocycles. The predicted octanol–water partition coefficient (Wildman–Crippen LogP) is 2.43. The summed E-state index contributed by atoms with van der Waals surface area (Å²) < 4.78 is 1.94. The van der Waals surface area contributed by atoms with Crippen LogP contribution in [0.15, 0.2) is 42.0 Å². The number of benzene rings is 1. The van der Waals surface area contributed by atoms with Crippen molar-refractivity contribution in [3.63, 3.8) is 0 Å². The van der Waals surface area contributed by atoms with Gasteiger partial charge in [0, 0.05) is 16.9 Å². The first-order chi connectivity index (χ1) is 12.2. The minimum atomic E-state index is -0.0735. The van der Waals surface area contributed by atoms with Gasteiger partial charge in [0.2, 0.25) is 0 Å². The zero-order valence-corrected chi connectivity index (χ0v) is 14.1. The first-order valence-electron chi connectivity index (χ1n) is 8.49. The van der Waals surface area contributed by atoms with Crippen molar-refractivity contribution in [2.45, 2.75) is 38.8 Å². The van der Waals surface area contributed by atoms with E-state index in [9.17, 15) is 4.79 Å². The molecule has 1 aliphatic rings. The molecular weight excluding hydrogens is 316 g/mol. The van der Waals surface area contributed by atoms with E-state index in [0.29, 0.717) is 18.1 Å². The quantitative estimate of drug-likeness (QED) is 0.716. The Kier molecular flexibility index (Phi) is 4.05. The van der Waals surface area contributed by atoms with E-state index in [0.717, 1.165) is 30.2 Å². The van der Waals surface area contributed by atoms with Crippen LogP contribution in [0.4, 0.5) is 0 Å². The van der Waals surface area contributed by atoms with Gasteiger partial charge in [-0.15, -0.1) is 10.2 Å². The number of hydrogen-bond acceptors (Lipinski definition) is 4. The lowest BCUT2D eigenvalue weighted by molar-refractivity contribution is 0.0933. The fourth-order valence-corrected chi connectivity index (χ4v) is 3.43. The molecule has 25 heavy (non-hydrogen) atoms. The van der Waals surface area contributed by atoms with Gasteiger partial charge in [-0.25, -0.2) is 0 Å². The third-order valence-corrected chi connectivity index (χ3v) is 4.62. The Labute approximate surface area is 145 Å². The van der Waals surface area contributed by atoms with Crippen molar-refractivity contribution in [2.75, 3.05) is 0 Å². The Balaban J connectivity index is 1.68. The SMILES string of the molecule is CC1=CC(NC(=O)c2cc3ccccc3n2Cc2nn[nH]n2)CCC1. The lowest BCUT2D eigenvalue weighted by Crippen LogP contribution is -2.36. The van der Waals surface area contributed by atoms with Crippen LogP contribution in [-0.4, -0.2) is 37.1 Å². The van der Waals surface area contributed by atoms with Crippen LogP contribution in [0.5, 0.6) is 0 Å². The summed E-state index contributed by atoms with van der Waals surface area (Å²) in [5, 5.41) is 18.3. The maximum absolute atomic E-state index is 12.9. The van der Waals surface area contributed by atoms with Crippen molar-refractivity contribution in [3.8, 4) is 0 Å². The topological polar surface area (TPSA) is 88.5 Å². The minimum absolute atomic E-state index is 0.0735. The second-order valence-electron chi connectivity index (χ2n) is 6.49. The van der Waals surface area contributed by atoms with E-state index in [1.54, 1.807) is 0 Å². The van der Waals surface area contributed by atoms with Gasteiger partial charge in [-0.05, 0) is 38.3 Å². The summed E-state index contributed by atoms with van der Waals surface area (Å²) in [6, 6.07) is 9.95. The van der Waals surface area contributed by atoms with Crippen LogP contribution in [0.25, 0.3) is 10.9 Å². The second kappa shape index (κ2) is 6.51. The number of aromatic nitrogens is 5. The number of carbonyl (C=O) groups is 1. The second-order valence-corrected chi connectivity index (χ2v) is 6.49. The molecule has 2 aromatic heterocycles. The number of aromatic amines is 1. The molecule has 7 nitrogen and oxygen atoms in total. The number of amides is 1. The van der Waals surface area contributed by atoms with Crippen molar-refractivity contribution in [2.24, 2.45) is 0 Å². The first kappa shape index (κ1) is 15.6. The molecule has 3 aromatic rings. The maximum atomic E-state index is 12.9. The zero-order chi connectivity index (χ0) is 17.2. The smallest absolute Gasteiger partial charge is 0.268 e. The Morgan fingerprint density at radius 3 is 3.08 bits per heavy atom. The standard InChI is InChI=1S/C18H20N6O/c1-12-5-4-7-14(9-12)19-18(25)16-10-13-6-2-3-8-15(13)24(16)11-17-20-22-23-21-17/h2-3,6,8-10,14H,4-5,7,11H2,1H3,(H,19,25)(H,20,21,22,23). The van der Waals surface area contributed by atoms with Gasteiger partial charge in [-0.2, -0.15) is 5.21 Å². The van der Waals surface area contributed by atoms with Gasteiger partial charge in [-0.3, -0.25) is 4.79 Å². The molecule has 0 radical (unpaired) electrons. The molecule has 1 unspecified atom stereocenters. The molecule has 0 spiro atoms. The maximum Gasteiger partial charge on any atom is 0.268 e. The van der Waals surface area contributed by atoms with Crippen molar-refractivity contribution in [1.29, 1.82) is 0 Å². The Morgan fingerprint density at radius 1 is 1.40 bits per heavy atom. The monoisotopic (exact) mass is 336 g/mol. The summed E-state index contributed by atoms with van der Waals surface area (Å²) in [5.41, 5.74) is 2.93. The highest BCUT2D eigenvalue weighted by Crippen LogP contribution is 2.22. The molecule has 0 bridgehead atoms. The van der Waals surface area contributed by atoms with Gasteiger partial charge in [0.25, 0.3) is 5.91 Å². The van der Waals surface area contributed by atoms with Gasteiger partial charge in [0.15, 0.2) is 5.82 Å². The molecule has 2 N–H and O–H groups in total. The molecule has 1 amide bonds. The molecule has 0 fully saturated rings. The highest BCUT2D eigenvalue weighted by atomic mass is 16.2. The Morgan fingerprint density at radius 2 is 2.28 bits per heavy atom. The van der Waals surface area contributed by atoms with Crippen LogP contribution in [0.2, 0.25) is 0 Å². The normalized spacial score (nSPS) is 17.5. The van der Waals surface area contributed by atoms with E-state index in [1.165, 1.54) is 5.57 Å². The molecule has 4 rings (SSSR count). The van der Waals surface area contributed by atoms with Crippen LogP contribution < -0.4 is 5.32 Å². The number of nitrogens with one attached hydrogen (secondary N) is 2. The molecule has 0 saturated carbocycles. The van der Waals surface area contributed by atoms with Gasteiger partial charge >= 0.3 is 0 Å². The van der Waals surface area contributed by atoms with Crippen LogP contribution in [0, 0.1) is 0 Å². The number of carbonyl (C=O) groups excluding carboxylic acids is 1. The van der Waals surface area contributed by atoms with E-state index >= 15 is 0 Å². The van der Waals surface area contributed by atoms with Gasteiger partial charge in [0.05, 0.1) is 6.54 Å². The van der Waals surface area contributed by atoms with Gasteiger partial charge in [0.1, 0.15) is 5.69 Å². The number of fused-ring (bicyclic) bond motifs is 1. The van der Waals surface area contributed by atoms with Crippen LogP contribution in [-0.2, 0) is 6.54 Å². The van der Waals surface area contributed by atoms with Crippen LogP contribution >= 0.6 is 0 Å². The molecule has 1 atom stereocenters. The molecule has 0 saturated heterocycles. The van der Waals surface area contributed by atoms with Gasteiger partial charge < -0.3 is 9.88 Å². The van der Waals surface area contributed by atoms with Crippen LogP contribution in [0.1, 0.15) is 42.5 Å². The number of H-pyrrole nitrogens is 1. The summed E-state index contributed by atoms with van der Waals surface area (Å²) in [7, 11) is 0. The van der Waals surface area contributed by atoms with E-state index in [-0.39, 0.29) is 11.9 Å². The first-order valence-corrected chi connectivity index (χ1v) is 8.49. The highest BCUT2D eigenvalue weighted by Gasteiger charge is 2.20. The number of rotatable bonds is 4. The number of para-hydroxylation sites is 1. The summed E-state index contributed by atoms with van der Waals surface area (Å²) in [4.78, 5) is 12.9. The fourth-order valence-electron chi connectivity index (χ4n) is 3.43. The third-order valence-electron chi connectivity index (χ3n) is 4.62. The fraction of sp³-hybridized carbons (Fsp3) is 0.333. The summed E-state index contributed by atoms with van der Waals surface area (Å²) in [6.07, 6.45) is 5.37. The van der Waals surface area contributed by atoms with Crippen LogP contribution in [0.3, 0.4) is 0 Å². The zero-order valence-electron chi connectivity index (χ0n) is 14.1. The number of nitrogens with zero attached hydrogens (tertiary/aromatic N) is 4. The largest absolute Gasteiger partial charge is 0.345 e. The third kappa shape index (κ3) is 3.17. The van der Waals surface area contributed by atoms with Crippen molar-refractivity contribution >= 4 is 16.8 Å². The van der Waals surface area contributed by atoms with E-state index < -0.39 is 0 Å². The Hall–Kier alpha value is -2.96. The number of hydrogen-bond donors (Lipinski definition) is 2. The van der Waals surface area contributed by atoms with Crippen molar-refractivity contribution in [1.82, 2.24) is 30.5 Å². The molecular formula is C18H20N6O. The van der Waals surface area contributed by atoms with E-state index in [1.807, 2.05) is 34.9 Å². The highest BCUT2D eigenvalue weighted by molar-refractivity contribution is 5.99. The Bertz CT molecular complexity index is 924. The number of allylic oxidation sites excluding steroid dienone is 1.